The van der Waals surface area contributed by atoms with Gasteiger partial charge in [0, 0.05) is 36.7 Å². The Bertz CT molecular complexity index is 647. The Morgan fingerprint density at radius 2 is 1.67 bits per heavy atom. The Balaban J connectivity index is 0.000000235. The minimum Gasteiger partial charge on any atom is -0.399 e. The summed E-state index contributed by atoms with van der Waals surface area (Å²) in [5.41, 5.74) is 7.51. The van der Waals surface area contributed by atoms with Crippen molar-refractivity contribution in [2.45, 2.75) is 11.8 Å². The fraction of sp³-hybridized carbons (Fsp3) is 0.214. The van der Waals surface area contributed by atoms with Gasteiger partial charge in [-0.2, -0.15) is 0 Å². The molecule has 0 atom stereocenters. The van der Waals surface area contributed by atoms with Crippen LogP contribution < -0.4 is 10.6 Å². The summed E-state index contributed by atoms with van der Waals surface area (Å²) >= 11 is 0. The first-order valence-electron chi connectivity index (χ1n) is 6.10. The molecular weight excluding hydrogens is 310 g/mol. The van der Waals surface area contributed by atoms with Crippen molar-refractivity contribution < 1.29 is 8.42 Å². The molecule has 0 radical (unpaired) electrons. The maximum Gasteiger partial charge on any atom is 0.262 e. The summed E-state index contributed by atoms with van der Waals surface area (Å²) in [7, 11) is 5.09. The summed E-state index contributed by atoms with van der Waals surface area (Å²) in [6, 6.07) is 10.8. The van der Waals surface area contributed by atoms with Gasteiger partial charge in [-0.15, -0.1) is 0 Å². The molecule has 0 aliphatic heterocycles. The molecule has 7 heteroatoms. The van der Waals surface area contributed by atoms with Crippen LogP contribution in [0.5, 0.6) is 0 Å². The average Bonchev–Trinajstić information content (AvgIpc) is 2.42. The summed E-state index contributed by atoms with van der Waals surface area (Å²) in [6.07, 6.45) is 1.23. The van der Waals surface area contributed by atoms with Crippen LogP contribution in [-0.4, -0.2) is 27.5 Å². The van der Waals surface area contributed by atoms with E-state index in [1.165, 1.54) is 17.8 Å². The SMILES string of the molecule is CN(C)c1ccc(S(=O)(=O)Cl)cn1.Cc1ccc(N)cc1. The van der Waals surface area contributed by atoms with Crippen molar-refractivity contribution in [3.05, 3.63) is 48.2 Å². The van der Waals surface area contributed by atoms with Crippen molar-refractivity contribution in [2.75, 3.05) is 24.7 Å². The largest absolute Gasteiger partial charge is 0.399 e. The lowest BCUT2D eigenvalue weighted by Crippen LogP contribution is -2.10. The van der Waals surface area contributed by atoms with Gasteiger partial charge in [0.1, 0.15) is 10.7 Å². The number of benzene rings is 1. The smallest absolute Gasteiger partial charge is 0.262 e. The van der Waals surface area contributed by atoms with Crippen molar-refractivity contribution in [3.8, 4) is 0 Å². The van der Waals surface area contributed by atoms with E-state index >= 15 is 0 Å². The molecule has 21 heavy (non-hydrogen) atoms. The third kappa shape index (κ3) is 6.01. The molecule has 2 rings (SSSR count). The highest BCUT2D eigenvalue weighted by molar-refractivity contribution is 8.13. The number of nitrogens with zero attached hydrogens (tertiary/aromatic N) is 2. The first-order valence-corrected chi connectivity index (χ1v) is 8.41. The number of halogens is 1. The molecule has 0 bridgehead atoms. The van der Waals surface area contributed by atoms with Crippen LogP contribution in [0.25, 0.3) is 0 Å². The molecule has 0 unspecified atom stereocenters. The predicted molar refractivity (Wildman–Crippen MR) is 87.2 cm³/mol. The van der Waals surface area contributed by atoms with E-state index < -0.39 is 9.05 Å². The van der Waals surface area contributed by atoms with Gasteiger partial charge in [0.15, 0.2) is 0 Å². The second-order valence-electron chi connectivity index (χ2n) is 4.60. The van der Waals surface area contributed by atoms with E-state index in [4.69, 9.17) is 16.4 Å². The zero-order chi connectivity index (χ0) is 16.0. The Morgan fingerprint density at radius 3 is 2.00 bits per heavy atom. The Kier molecular flexibility index (Phi) is 5.99. The van der Waals surface area contributed by atoms with Crippen LogP contribution in [0.2, 0.25) is 0 Å². The maximum atomic E-state index is 10.8. The number of aryl methyl sites for hydroxylation is 1. The van der Waals surface area contributed by atoms with Crippen molar-refractivity contribution in [2.24, 2.45) is 0 Å². The zero-order valence-electron chi connectivity index (χ0n) is 12.1. The second kappa shape index (κ2) is 7.28. The van der Waals surface area contributed by atoms with Crippen LogP contribution in [-0.2, 0) is 9.05 Å². The topological polar surface area (TPSA) is 76.3 Å². The van der Waals surface area contributed by atoms with E-state index in [0.717, 1.165) is 5.69 Å². The van der Waals surface area contributed by atoms with E-state index in [1.807, 2.05) is 45.3 Å². The molecule has 0 aliphatic carbocycles. The Morgan fingerprint density at radius 1 is 1.10 bits per heavy atom. The molecule has 2 aromatic rings. The van der Waals surface area contributed by atoms with Crippen LogP contribution in [0.4, 0.5) is 11.5 Å². The van der Waals surface area contributed by atoms with Gasteiger partial charge in [0.05, 0.1) is 0 Å². The number of hydrogen-bond acceptors (Lipinski definition) is 5. The van der Waals surface area contributed by atoms with E-state index in [2.05, 4.69) is 4.98 Å². The number of rotatable bonds is 2. The number of nitrogen functional groups attached to an aromatic ring is 1. The van der Waals surface area contributed by atoms with Crippen LogP contribution in [0.15, 0.2) is 47.5 Å². The minimum absolute atomic E-state index is 0.0137. The third-order valence-corrected chi connectivity index (χ3v) is 3.88. The standard InChI is InChI=1S/C7H9ClN2O2S.C7H9N/c1-10(2)7-4-3-6(5-9-7)13(8,11)12;1-6-2-4-7(8)5-3-6/h3-5H,1-2H3;2-5H,8H2,1H3. The van der Waals surface area contributed by atoms with Gasteiger partial charge in [-0.1, -0.05) is 17.7 Å². The molecular formula is C14H18ClN3O2S. The molecule has 5 nitrogen and oxygen atoms in total. The molecule has 0 spiro atoms. The van der Waals surface area contributed by atoms with E-state index in [9.17, 15) is 8.42 Å². The monoisotopic (exact) mass is 327 g/mol. The average molecular weight is 328 g/mol. The van der Waals surface area contributed by atoms with Crippen molar-refractivity contribution in [1.82, 2.24) is 4.98 Å². The first kappa shape index (κ1) is 17.3. The minimum atomic E-state index is -3.65. The molecule has 1 aromatic carbocycles. The number of aromatic nitrogens is 1. The molecule has 0 saturated carbocycles. The Labute approximate surface area is 129 Å². The van der Waals surface area contributed by atoms with Gasteiger partial charge < -0.3 is 10.6 Å². The van der Waals surface area contributed by atoms with Crippen LogP contribution in [0, 0.1) is 6.92 Å². The van der Waals surface area contributed by atoms with Crippen LogP contribution in [0.1, 0.15) is 5.56 Å². The lowest BCUT2D eigenvalue weighted by Gasteiger charge is -2.10. The normalized spacial score (nSPS) is 10.5. The zero-order valence-corrected chi connectivity index (χ0v) is 13.7. The molecule has 114 valence electrons. The van der Waals surface area contributed by atoms with Gasteiger partial charge in [0.25, 0.3) is 9.05 Å². The highest BCUT2D eigenvalue weighted by Gasteiger charge is 2.09. The highest BCUT2D eigenvalue weighted by atomic mass is 35.7. The lowest BCUT2D eigenvalue weighted by molar-refractivity contribution is 0.609. The van der Waals surface area contributed by atoms with Gasteiger partial charge in [0.2, 0.25) is 0 Å². The van der Waals surface area contributed by atoms with E-state index in [1.54, 1.807) is 11.0 Å². The van der Waals surface area contributed by atoms with Gasteiger partial charge in [-0.25, -0.2) is 13.4 Å². The number of anilines is 2. The molecule has 1 aromatic heterocycles. The predicted octanol–water partition coefficient (Wildman–Crippen LogP) is 2.65. The molecule has 2 N–H and O–H groups in total. The summed E-state index contributed by atoms with van der Waals surface area (Å²) in [4.78, 5) is 5.69. The third-order valence-electron chi connectivity index (χ3n) is 2.54. The van der Waals surface area contributed by atoms with Crippen LogP contribution >= 0.6 is 10.7 Å². The lowest BCUT2D eigenvalue weighted by atomic mass is 10.2. The second-order valence-corrected chi connectivity index (χ2v) is 7.16. The molecule has 0 saturated heterocycles. The summed E-state index contributed by atoms with van der Waals surface area (Å²) in [6.45, 7) is 2.04. The first-order chi connectivity index (χ1) is 9.70. The van der Waals surface area contributed by atoms with E-state index in [0.29, 0.717) is 5.82 Å². The maximum absolute atomic E-state index is 10.8. The number of hydrogen-bond donors (Lipinski definition) is 1. The summed E-state index contributed by atoms with van der Waals surface area (Å²) in [5, 5.41) is 0. The highest BCUT2D eigenvalue weighted by Crippen LogP contribution is 2.15. The molecule has 1 heterocycles. The summed E-state index contributed by atoms with van der Waals surface area (Å²) < 4.78 is 21.7. The van der Waals surface area contributed by atoms with Crippen molar-refractivity contribution >= 4 is 31.2 Å². The molecule has 0 aliphatic rings. The number of nitrogens with two attached hydrogens (primary N) is 1. The van der Waals surface area contributed by atoms with Gasteiger partial charge in [-0.05, 0) is 31.2 Å². The Hall–Kier alpha value is -1.79. The van der Waals surface area contributed by atoms with Crippen LogP contribution in [0.3, 0.4) is 0 Å². The van der Waals surface area contributed by atoms with Gasteiger partial charge >= 0.3 is 0 Å². The molecule has 0 amide bonds. The van der Waals surface area contributed by atoms with E-state index in [-0.39, 0.29) is 4.90 Å². The van der Waals surface area contributed by atoms with Gasteiger partial charge in [-0.3, -0.25) is 0 Å². The quantitative estimate of drug-likeness (QED) is 0.678. The fourth-order valence-corrected chi connectivity index (χ4v) is 2.03. The summed E-state index contributed by atoms with van der Waals surface area (Å²) in [5.74, 6) is 0.684. The number of pyridine rings is 1. The molecule has 0 fully saturated rings. The van der Waals surface area contributed by atoms with Crippen molar-refractivity contribution in [3.63, 3.8) is 0 Å². The fourth-order valence-electron chi connectivity index (χ4n) is 1.35. The van der Waals surface area contributed by atoms with Crippen molar-refractivity contribution in [1.29, 1.82) is 0 Å².